The summed E-state index contributed by atoms with van der Waals surface area (Å²) >= 11 is 0. The van der Waals surface area contributed by atoms with Crippen molar-refractivity contribution < 1.29 is 46.3 Å². The van der Waals surface area contributed by atoms with E-state index in [9.17, 15) is 23.2 Å². The number of benzene rings is 1. The van der Waals surface area contributed by atoms with E-state index >= 15 is 0 Å². The number of carbonyl (C=O) groups is 3. The van der Waals surface area contributed by atoms with Gasteiger partial charge in [-0.25, -0.2) is 18.3 Å². The zero-order valence-corrected chi connectivity index (χ0v) is 33.3. The van der Waals surface area contributed by atoms with Crippen LogP contribution in [0, 0.1) is 17.8 Å². The van der Waals surface area contributed by atoms with Crippen LogP contribution in [0.1, 0.15) is 117 Å². The van der Waals surface area contributed by atoms with E-state index in [1.54, 1.807) is 12.3 Å². The number of fused-ring (bicyclic) bond motifs is 4. The van der Waals surface area contributed by atoms with E-state index in [4.69, 9.17) is 28.2 Å². The molecule has 3 atom stereocenters. The van der Waals surface area contributed by atoms with E-state index in [0.29, 0.717) is 49.3 Å². The zero-order chi connectivity index (χ0) is 51.3. The molecule has 4 aromatic heterocycles. The van der Waals surface area contributed by atoms with Gasteiger partial charge in [-0.2, -0.15) is 15.3 Å². The zero-order valence-electron chi connectivity index (χ0n) is 43.3. The largest absolute Gasteiger partial charge is 0.374 e. The molecule has 10 rings (SSSR count). The Hall–Kier alpha value is -5.77. The Morgan fingerprint density at radius 1 is 1.15 bits per heavy atom. The molecule has 4 saturated heterocycles. The number of aromatic nitrogens is 7. The first-order chi connectivity index (χ1) is 33.9. The van der Waals surface area contributed by atoms with Crippen LogP contribution in [0.3, 0.4) is 0 Å². The molecule has 62 heavy (non-hydrogen) atoms. The van der Waals surface area contributed by atoms with Gasteiger partial charge in [0, 0.05) is 66.9 Å². The number of piperidine rings is 2. The van der Waals surface area contributed by atoms with Crippen LogP contribution in [-0.2, 0) is 26.0 Å². The lowest BCUT2D eigenvalue weighted by Gasteiger charge is -2.36. The standard InChI is InChI=1S/C44H49F2N11O5/c1-53-40-27(4-2-6-32(40)38(51-53)33-11-12-37(58)50-43(33)59)5-3-19-61-30-13-16-54(17-14-30)22-26-7-9-28(10-8-26)57-24-35(39(52-57)41(45)46)48-44(60)34-21-47-56-18-15-36(49-42(34)56)55-23-31-20-29(55)25-62-31/h2,4,6,15,18,21,24,26,28-31,33,41H,7-14,16-17,19-20,22-23,25H2,1H3,(H,48,60)(H,50,58,59)/t26?,28?,29-,31-,33?/m0/s1/i1D3,16D2,17D2,19D2,30D. The lowest BCUT2D eigenvalue weighted by molar-refractivity contribution is -0.134. The number of anilines is 2. The van der Waals surface area contributed by atoms with Gasteiger partial charge >= 0.3 is 0 Å². The van der Waals surface area contributed by atoms with Crippen LogP contribution in [-0.4, -0.2) is 114 Å². The number of nitrogens with one attached hydrogen (secondary N) is 2. The second-order valence-electron chi connectivity index (χ2n) is 16.2. The summed E-state index contributed by atoms with van der Waals surface area (Å²) in [5, 5.41) is 17.7. The number of hydrogen-bond donors (Lipinski definition) is 2. The van der Waals surface area contributed by atoms with Gasteiger partial charge in [0.15, 0.2) is 11.3 Å². The number of likely N-dealkylation sites (tertiary alicyclic amines) is 1. The molecular formula is C44H49F2N11O5. The van der Waals surface area contributed by atoms with Crippen molar-refractivity contribution in [1.82, 2.24) is 44.4 Å². The minimum absolute atomic E-state index is 0.00904. The summed E-state index contributed by atoms with van der Waals surface area (Å²) in [5.41, 5.74) is -0.415. The third kappa shape index (κ3) is 7.93. The van der Waals surface area contributed by atoms with Crippen molar-refractivity contribution in [3.05, 3.63) is 65.4 Å². The molecule has 1 aromatic carbocycles. The average molecular weight is 860 g/mol. The van der Waals surface area contributed by atoms with Crippen LogP contribution in [0.5, 0.6) is 0 Å². The highest BCUT2D eigenvalue weighted by molar-refractivity contribution is 6.08. The molecule has 2 bridgehead atoms. The van der Waals surface area contributed by atoms with Crippen molar-refractivity contribution in [3.63, 3.8) is 0 Å². The van der Waals surface area contributed by atoms with Gasteiger partial charge in [-0.1, -0.05) is 24.0 Å². The van der Waals surface area contributed by atoms with Crippen LogP contribution in [0.4, 0.5) is 20.3 Å². The maximum atomic E-state index is 14.4. The highest BCUT2D eigenvalue weighted by Gasteiger charge is 2.40. The smallest absolute Gasteiger partial charge is 0.284 e. The highest BCUT2D eigenvalue weighted by atomic mass is 19.3. The number of nitrogens with zero attached hydrogens (tertiary/aromatic N) is 9. The number of ether oxygens (including phenoxy) is 2. The van der Waals surface area contributed by atoms with Crippen molar-refractivity contribution in [2.45, 2.75) is 94.4 Å². The van der Waals surface area contributed by atoms with E-state index in [0.717, 1.165) is 11.3 Å². The molecule has 324 valence electrons. The van der Waals surface area contributed by atoms with Crippen LogP contribution in [0.15, 0.2) is 42.9 Å². The maximum Gasteiger partial charge on any atom is 0.284 e. The SMILES string of the molecule is [2H]C([2H])(C#Cc1cccc2c(C3CCC(=O)NC3=O)nn(C([2H])([2H])[2H])c12)OC1([2H])CC([2H])([2H])N(CC2CCC(n3cc(NC(=O)c4cnn5ccc(N6C[C@@H]7C[C@H]6CO7)nc45)c(C(F)F)n3)CC2)C([2H])([2H])C1. The molecule has 1 saturated carbocycles. The number of aryl methyl sites for hydroxylation is 1. The summed E-state index contributed by atoms with van der Waals surface area (Å²) in [6.07, 6.45) is 0.132. The summed E-state index contributed by atoms with van der Waals surface area (Å²) in [7, 11) is 0. The lowest BCUT2D eigenvalue weighted by Crippen LogP contribution is -2.40. The van der Waals surface area contributed by atoms with Gasteiger partial charge < -0.3 is 24.6 Å². The predicted octanol–water partition coefficient (Wildman–Crippen LogP) is 4.76. The van der Waals surface area contributed by atoms with Crippen LogP contribution in [0.2, 0.25) is 0 Å². The third-order valence-corrected chi connectivity index (χ3v) is 12.3. The quantitative estimate of drug-likeness (QED) is 0.147. The molecule has 4 aliphatic heterocycles. The van der Waals surface area contributed by atoms with E-state index in [1.165, 1.54) is 39.8 Å². The number of carbonyl (C=O) groups excluding carboxylic acids is 3. The van der Waals surface area contributed by atoms with Gasteiger partial charge in [0.25, 0.3) is 12.3 Å². The molecule has 0 radical (unpaired) electrons. The summed E-state index contributed by atoms with van der Waals surface area (Å²) in [6, 6.07) is 6.04. The topological polar surface area (TPSA) is 166 Å². The summed E-state index contributed by atoms with van der Waals surface area (Å²) in [6.45, 7) is -9.71. The Morgan fingerprint density at radius 3 is 2.76 bits per heavy atom. The molecular weight excluding hydrogens is 801 g/mol. The van der Waals surface area contributed by atoms with Gasteiger partial charge in [0.1, 0.15) is 17.9 Å². The molecule has 18 heteroatoms. The van der Waals surface area contributed by atoms with Crippen molar-refractivity contribution >= 4 is 45.8 Å². The number of rotatable bonds is 10. The van der Waals surface area contributed by atoms with E-state index < -0.39 is 81.2 Å². The monoisotopic (exact) mass is 859 g/mol. The van der Waals surface area contributed by atoms with Gasteiger partial charge in [-0.05, 0) is 69.4 Å². The molecule has 5 aromatic rings. The van der Waals surface area contributed by atoms with Crippen molar-refractivity contribution in [1.29, 1.82) is 0 Å². The Morgan fingerprint density at radius 2 is 2.00 bits per heavy atom. The van der Waals surface area contributed by atoms with Gasteiger partial charge in [0.05, 0.1) is 69.6 Å². The van der Waals surface area contributed by atoms with E-state index in [1.807, 2.05) is 0 Å². The Kier molecular flexibility index (Phi) is 8.23. The summed E-state index contributed by atoms with van der Waals surface area (Å²) < 4.78 is 130. The Labute approximate surface area is 370 Å². The van der Waals surface area contributed by atoms with E-state index in [-0.39, 0.29) is 82.6 Å². The number of imide groups is 1. The lowest BCUT2D eigenvalue weighted by atomic mass is 9.85. The van der Waals surface area contributed by atoms with Crippen molar-refractivity contribution in [3.8, 4) is 11.8 Å². The molecule has 5 fully saturated rings. The molecule has 1 aliphatic carbocycles. The number of para-hydroxylation sites is 1. The molecule has 16 nitrogen and oxygen atoms in total. The Balaban J connectivity index is 0.788. The number of halogens is 2. The summed E-state index contributed by atoms with van der Waals surface area (Å²) in [5.74, 6) is 2.49. The highest BCUT2D eigenvalue weighted by Crippen LogP contribution is 2.37. The van der Waals surface area contributed by atoms with Gasteiger partial charge in [0.2, 0.25) is 11.8 Å². The second kappa shape index (κ2) is 16.8. The van der Waals surface area contributed by atoms with Crippen LogP contribution in [0.25, 0.3) is 16.6 Å². The van der Waals surface area contributed by atoms with Crippen molar-refractivity contribution in [2.24, 2.45) is 12.9 Å². The number of hydrogen-bond acceptors (Lipinski definition) is 11. The predicted molar refractivity (Wildman–Crippen MR) is 223 cm³/mol. The molecule has 8 heterocycles. The maximum absolute atomic E-state index is 14.4. The minimum Gasteiger partial charge on any atom is -0.374 e. The number of alkyl halides is 2. The van der Waals surface area contributed by atoms with Gasteiger partial charge in [-0.15, -0.1) is 0 Å². The molecule has 1 unspecified atom stereocenters. The summed E-state index contributed by atoms with van der Waals surface area (Å²) in [4.78, 5) is 46.0. The normalized spacial score (nSPS) is 29.5. The van der Waals surface area contributed by atoms with Gasteiger partial charge in [-0.3, -0.25) is 29.1 Å². The van der Waals surface area contributed by atoms with E-state index in [2.05, 4.69) is 42.7 Å². The first-order valence-electron chi connectivity index (χ1n) is 25.7. The fourth-order valence-corrected chi connectivity index (χ4v) is 9.13. The third-order valence-electron chi connectivity index (χ3n) is 12.3. The molecule has 3 amide bonds. The fraction of sp³-hybridized carbons (Fsp3) is 0.523. The van der Waals surface area contributed by atoms with Crippen LogP contribution < -0.4 is 15.5 Å². The molecule has 2 N–H and O–H groups in total. The average Bonchev–Trinajstić information content (AvgIpc) is 4.15. The molecule has 0 spiro atoms. The Bertz CT molecular complexity index is 3020. The fourth-order valence-electron chi connectivity index (χ4n) is 9.13. The molecule has 5 aliphatic rings. The number of amides is 3. The minimum atomic E-state index is -3.02. The first kappa shape index (κ1) is 30.3. The number of morpholine rings is 1. The van der Waals surface area contributed by atoms with Crippen molar-refractivity contribution in [2.75, 3.05) is 49.5 Å². The first-order valence-corrected chi connectivity index (χ1v) is 20.7. The second-order valence-corrected chi connectivity index (χ2v) is 16.2. The van der Waals surface area contributed by atoms with Crippen LogP contribution >= 0.6 is 0 Å².